The molecule has 2 aliphatic rings. The van der Waals surface area contributed by atoms with E-state index in [4.69, 9.17) is 4.74 Å². The first-order valence-electron chi connectivity index (χ1n) is 14.9. The summed E-state index contributed by atoms with van der Waals surface area (Å²) in [5.41, 5.74) is 3.08. The first-order chi connectivity index (χ1) is 20.8. The smallest absolute Gasteiger partial charge is 0.416 e. The highest BCUT2D eigenvalue weighted by Gasteiger charge is 2.39. The second-order valence-corrected chi connectivity index (χ2v) is 12.8. The van der Waals surface area contributed by atoms with Crippen LogP contribution in [0.25, 0.3) is 0 Å². The summed E-state index contributed by atoms with van der Waals surface area (Å²) in [4.78, 5) is 37.1. The summed E-state index contributed by atoms with van der Waals surface area (Å²) in [6.07, 6.45) is 3.68. The Morgan fingerprint density at radius 3 is 2.19 bits per heavy atom. The highest BCUT2D eigenvalue weighted by Crippen LogP contribution is 2.43. The third-order valence-corrected chi connectivity index (χ3v) is 8.63. The lowest BCUT2D eigenvalue weighted by Crippen LogP contribution is -2.48. The third-order valence-electron chi connectivity index (χ3n) is 7.53. The van der Waals surface area contributed by atoms with Crippen molar-refractivity contribution >= 4 is 23.8 Å². The maximum atomic E-state index is 13.3. The van der Waals surface area contributed by atoms with Crippen LogP contribution < -0.4 is 5.32 Å². The molecule has 1 fully saturated rings. The fourth-order valence-electron chi connectivity index (χ4n) is 5.52. The molecule has 5 rings (SSSR count). The molecule has 0 bridgehead atoms. The predicted molar refractivity (Wildman–Crippen MR) is 171 cm³/mol. The molecule has 0 spiro atoms. The monoisotopic (exact) mass is 599 g/mol. The van der Waals surface area contributed by atoms with Gasteiger partial charge in [-0.15, -0.1) is 11.8 Å². The zero-order valence-electron chi connectivity index (χ0n) is 25.2. The third kappa shape index (κ3) is 8.04. The molecule has 2 aromatic carbocycles. The maximum absolute atomic E-state index is 13.3. The molecular weight excluding hydrogens is 558 g/mol. The largest absolute Gasteiger partial charge is 0.443 e. The molecule has 0 saturated carbocycles. The summed E-state index contributed by atoms with van der Waals surface area (Å²) < 4.78 is 5.66. The van der Waals surface area contributed by atoms with Gasteiger partial charge in [0.25, 0.3) is 5.91 Å². The van der Waals surface area contributed by atoms with Crippen LogP contribution in [0.15, 0.2) is 96.3 Å². The fourth-order valence-corrected chi connectivity index (χ4v) is 6.61. The Labute approximate surface area is 259 Å². The summed E-state index contributed by atoms with van der Waals surface area (Å²) in [7, 11) is 0. The first-order valence-corrected chi connectivity index (χ1v) is 15.9. The van der Waals surface area contributed by atoms with Gasteiger partial charge in [0.15, 0.2) is 0 Å². The van der Waals surface area contributed by atoms with Gasteiger partial charge in [0.05, 0.1) is 6.04 Å². The normalized spacial score (nSPS) is 18.0. The van der Waals surface area contributed by atoms with Crippen LogP contribution >= 0.6 is 11.8 Å². The average Bonchev–Trinajstić information content (AvgIpc) is 3.47. The van der Waals surface area contributed by atoms with Crippen molar-refractivity contribution in [3.8, 4) is 0 Å². The van der Waals surface area contributed by atoms with Crippen LogP contribution in [0.2, 0.25) is 0 Å². The molecule has 3 aromatic rings. The number of nitrogens with one attached hydrogen (secondary N) is 1. The Morgan fingerprint density at radius 1 is 0.953 bits per heavy atom. The number of ether oxygens (including phenoxy) is 1. The highest BCUT2D eigenvalue weighted by molar-refractivity contribution is 8.02. The number of hydrogen-bond donors (Lipinski definition) is 1. The van der Waals surface area contributed by atoms with E-state index < -0.39 is 17.1 Å². The Kier molecular flexibility index (Phi) is 10.2. The van der Waals surface area contributed by atoms with Gasteiger partial charge in [0, 0.05) is 56.1 Å². The van der Waals surface area contributed by atoms with Gasteiger partial charge in [-0.3, -0.25) is 19.6 Å². The van der Waals surface area contributed by atoms with Gasteiger partial charge in [0.1, 0.15) is 16.7 Å². The topological polar surface area (TPSA) is 78.0 Å². The number of hydrogen-bond acceptors (Lipinski definition) is 7. The number of carbonyl (C=O) groups excluding carboxylic acids is 2. The van der Waals surface area contributed by atoms with E-state index in [9.17, 15) is 9.59 Å². The molecule has 9 heteroatoms. The van der Waals surface area contributed by atoms with Crippen LogP contribution in [0.5, 0.6) is 0 Å². The lowest BCUT2D eigenvalue weighted by Gasteiger charge is -2.39. The minimum absolute atomic E-state index is 0.241. The van der Waals surface area contributed by atoms with Gasteiger partial charge in [0.2, 0.25) is 0 Å². The van der Waals surface area contributed by atoms with Crippen molar-refractivity contribution in [2.45, 2.75) is 44.2 Å². The number of piperazine rings is 1. The second-order valence-electron chi connectivity index (χ2n) is 11.8. The zero-order valence-corrected chi connectivity index (χ0v) is 26.0. The summed E-state index contributed by atoms with van der Waals surface area (Å²) in [5, 5.41) is 4.37. The highest BCUT2D eigenvalue weighted by atomic mass is 32.2. The number of thioether (sulfide) groups is 1. The Balaban J connectivity index is 1.13. The van der Waals surface area contributed by atoms with Crippen molar-refractivity contribution in [2.24, 2.45) is 0 Å². The molecular formula is C34H41N5O3S. The van der Waals surface area contributed by atoms with Crippen molar-refractivity contribution in [2.75, 3.05) is 39.3 Å². The summed E-state index contributed by atoms with van der Waals surface area (Å²) in [6.45, 7) is 10.8. The van der Waals surface area contributed by atoms with E-state index in [1.54, 1.807) is 17.8 Å². The summed E-state index contributed by atoms with van der Waals surface area (Å²) in [5.74, 6) is -0.275. The van der Waals surface area contributed by atoms with Crippen molar-refractivity contribution in [3.05, 3.63) is 113 Å². The van der Waals surface area contributed by atoms with Gasteiger partial charge >= 0.3 is 6.09 Å². The molecule has 1 aromatic heterocycles. The average molecular weight is 600 g/mol. The molecule has 8 nitrogen and oxygen atoms in total. The van der Waals surface area contributed by atoms with Crippen molar-refractivity contribution in [3.63, 3.8) is 0 Å². The number of aromatic nitrogens is 1. The maximum Gasteiger partial charge on any atom is 0.416 e. The van der Waals surface area contributed by atoms with Crippen molar-refractivity contribution < 1.29 is 14.3 Å². The van der Waals surface area contributed by atoms with E-state index in [0.717, 1.165) is 44.7 Å². The van der Waals surface area contributed by atoms with Crippen molar-refractivity contribution in [1.29, 1.82) is 0 Å². The first kappa shape index (κ1) is 30.8. The molecule has 3 heterocycles. The molecule has 0 aliphatic carbocycles. The van der Waals surface area contributed by atoms with E-state index in [-0.39, 0.29) is 11.9 Å². The van der Waals surface area contributed by atoms with Gasteiger partial charge in [-0.25, -0.2) is 4.79 Å². The van der Waals surface area contributed by atoms with Crippen LogP contribution in [-0.4, -0.2) is 76.6 Å². The quantitative estimate of drug-likeness (QED) is 0.311. The molecule has 1 saturated heterocycles. The van der Waals surface area contributed by atoms with Gasteiger partial charge in [-0.2, -0.15) is 0 Å². The Bertz CT molecular complexity index is 1330. The summed E-state index contributed by atoms with van der Waals surface area (Å²) >= 11 is 1.40. The molecule has 43 heavy (non-hydrogen) atoms. The van der Waals surface area contributed by atoms with Crippen LogP contribution in [0.4, 0.5) is 4.79 Å². The second kappa shape index (κ2) is 14.2. The Hall–Kier alpha value is -3.66. The molecule has 2 aliphatic heterocycles. The van der Waals surface area contributed by atoms with Crippen molar-refractivity contribution in [1.82, 2.24) is 25.0 Å². The van der Waals surface area contributed by atoms with E-state index >= 15 is 0 Å². The van der Waals surface area contributed by atoms with Gasteiger partial charge < -0.3 is 15.0 Å². The molecule has 2 amide bonds. The molecule has 1 N–H and O–H groups in total. The number of amides is 2. The Morgan fingerprint density at radius 2 is 1.60 bits per heavy atom. The number of nitrogens with zero attached hydrogens (tertiary/aromatic N) is 4. The van der Waals surface area contributed by atoms with Crippen LogP contribution in [0.3, 0.4) is 0 Å². The van der Waals surface area contributed by atoms with Gasteiger partial charge in [-0.05, 0) is 50.9 Å². The van der Waals surface area contributed by atoms with Crippen LogP contribution in [0.1, 0.15) is 55.3 Å². The molecule has 226 valence electrons. The number of benzene rings is 2. The standard InChI is InChI=1S/C34H41N5O3S/c1-34(2,3)42-33(41)39-29(25-43-32(39)28-16-10-17-35-24-28)31(40)36-18-11-19-37-20-22-38(23-21-37)30(26-12-6-4-7-13-26)27-14-8-5-9-15-27/h4-10,12-17,24-25,30,32H,11,18-23H2,1-3H3,(H,36,40). The lowest BCUT2D eigenvalue weighted by atomic mass is 9.96. The van der Waals surface area contributed by atoms with E-state index in [1.807, 2.05) is 32.9 Å². The zero-order chi connectivity index (χ0) is 30.2. The number of rotatable bonds is 9. The lowest BCUT2D eigenvalue weighted by molar-refractivity contribution is -0.119. The van der Waals surface area contributed by atoms with E-state index in [0.29, 0.717) is 12.2 Å². The van der Waals surface area contributed by atoms with E-state index in [2.05, 4.69) is 80.8 Å². The number of carbonyl (C=O) groups is 2. The predicted octanol–water partition coefficient (Wildman–Crippen LogP) is 5.82. The van der Waals surface area contributed by atoms with Crippen LogP contribution in [0, 0.1) is 0 Å². The molecule has 0 radical (unpaired) electrons. The minimum Gasteiger partial charge on any atom is -0.443 e. The van der Waals surface area contributed by atoms with E-state index in [1.165, 1.54) is 27.8 Å². The summed E-state index contributed by atoms with van der Waals surface area (Å²) in [6, 6.07) is 25.4. The molecule has 1 unspecified atom stereocenters. The van der Waals surface area contributed by atoms with Crippen LogP contribution in [-0.2, 0) is 9.53 Å². The minimum atomic E-state index is -0.683. The van der Waals surface area contributed by atoms with Gasteiger partial charge in [-0.1, -0.05) is 66.7 Å². The molecule has 1 atom stereocenters. The fraction of sp³-hybridized carbons (Fsp3) is 0.382. The SMILES string of the molecule is CC(C)(C)OC(=O)N1C(C(=O)NCCCN2CCN(C(c3ccccc3)c3ccccc3)CC2)=CSC1c1cccnc1. The number of pyridine rings is 1.